The largest absolute Gasteiger partial charge is 0.381 e. The summed E-state index contributed by atoms with van der Waals surface area (Å²) in [5.74, 6) is 0.795. The number of nitrogens with one attached hydrogen (secondary N) is 1. The van der Waals surface area contributed by atoms with E-state index in [2.05, 4.69) is 24.8 Å². The molecule has 0 unspecified atom stereocenters. The molecule has 120 valence electrons. The van der Waals surface area contributed by atoms with Gasteiger partial charge in [0.25, 0.3) is 0 Å². The fraction of sp³-hybridized carbons (Fsp3) is 0.667. The fourth-order valence-electron chi connectivity index (χ4n) is 2.16. The van der Waals surface area contributed by atoms with Gasteiger partial charge in [-0.25, -0.2) is 13.8 Å². The second-order valence-electron chi connectivity index (χ2n) is 4.87. The average Bonchev–Trinajstić information content (AvgIpc) is 3.18. The van der Waals surface area contributed by atoms with E-state index in [0.717, 1.165) is 31.9 Å². The standard InChI is InChI=1S/C12H15F2N5O2S/c13-9(14)11-16-8(21-18-11)1-4-15-12-17-10(19-22-12)7-2-5-20-6-3-7/h7,9H,1-6H2,(H,15,17,19). The van der Waals surface area contributed by atoms with E-state index in [4.69, 9.17) is 9.26 Å². The van der Waals surface area contributed by atoms with Crippen molar-refractivity contribution in [3.05, 3.63) is 17.5 Å². The van der Waals surface area contributed by atoms with Crippen LogP contribution in [0.5, 0.6) is 0 Å². The number of ether oxygens (including phenoxy) is 1. The molecular formula is C12H15F2N5O2S. The summed E-state index contributed by atoms with van der Waals surface area (Å²) in [6.07, 6.45) is -0.481. The molecule has 1 aliphatic rings. The molecule has 1 N–H and O–H groups in total. The zero-order chi connectivity index (χ0) is 15.4. The number of hydrogen-bond donors (Lipinski definition) is 1. The molecule has 0 atom stereocenters. The Labute approximate surface area is 129 Å². The number of hydrogen-bond acceptors (Lipinski definition) is 8. The van der Waals surface area contributed by atoms with Crippen LogP contribution >= 0.6 is 11.5 Å². The molecule has 7 nitrogen and oxygen atoms in total. The van der Waals surface area contributed by atoms with E-state index < -0.39 is 12.2 Å². The van der Waals surface area contributed by atoms with Crippen LogP contribution in [0.15, 0.2) is 4.52 Å². The van der Waals surface area contributed by atoms with Crippen LogP contribution in [0.1, 0.15) is 42.7 Å². The lowest BCUT2D eigenvalue weighted by Gasteiger charge is -2.18. The van der Waals surface area contributed by atoms with E-state index in [1.807, 2.05) is 0 Å². The first kappa shape index (κ1) is 15.2. The van der Waals surface area contributed by atoms with E-state index >= 15 is 0 Å². The summed E-state index contributed by atoms with van der Waals surface area (Å²) in [4.78, 5) is 8.06. The average molecular weight is 331 g/mol. The summed E-state index contributed by atoms with van der Waals surface area (Å²) in [5.41, 5.74) is 0. The Morgan fingerprint density at radius 1 is 1.27 bits per heavy atom. The van der Waals surface area contributed by atoms with Crippen LogP contribution in [-0.2, 0) is 11.2 Å². The van der Waals surface area contributed by atoms with Crippen molar-refractivity contribution in [3.8, 4) is 0 Å². The van der Waals surface area contributed by atoms with Gasteiger partial charge in [0.05, 0.1) is 0 Å². The highest BCUT2D eigenvalue weighted by Gasteiger charge is 2.20. The second-order valence-corrected chi connectivity index (χ2v) is 5.62. The predicted octanol–water partition coefficient (Wildman–Crippen LogP) is 2.41. The number of aromatic nitrogens is 4. The van der Waals surface area contributed by atoms with E-state index in [-0.39, 0.29) is 5.89 Å². The summed E-state index contributed by atoms with van der Waals surface area (Å²) in [7, 11) is 0. The molecular weight excluding hydrogens is 316 g/mol. The maximum atomic E-state index is 12.3. The number of anilines is 1. The minimum absolute atomic E-state index is 0.178. The molecule has 0 aromatic carbocycles. The number of nitrogens with zero attached hydrogens (tertiary/aromatic N) is 4. The third kappa shape index (κ3) is 3.74. The number of halogens is 2. The van der Waals surface area contributed by atoms with E-state index in [1.165, 1.54) is 11.5 Å². The molecule has 22 heavy (non-hydrogen) atoms. The Morgan fingerprint density at radius 2 is 2.09 bits per heavy atom. The van der Waals surface area contributed by atoms with Crippen molar-refractivity contribution in [1.82, 2.24) is 19.5 Å². The topological polar surface area (TPSA) is 86.0 Å². The molecule has 3 heterocycles. The Kier molecular flexibility index (Phi) is 4.88. The smallest absolute Gasteiger partial charge is 0.300 e. The van der Waals surface area contributed by atoms with Crippen molar-refractivity contribution >= 4 is 16.7 Å². The lowest BCUT2D eigenvalue weighted by atomic mass is 10.00. The Balaban J connectivity index is 1.48. The lowest BCUT2D eigenvalue weighted by Crippen LogP contribution is -2.15. The van der Waals surface area contributed by atoms with Gasteiger partial charge in [0.15, 0.2) is 0 Å². The zero-order valence-electron chi connectivity index (χ0n) is 11.7. The number of rotatable bonds is 6. The van der Waals surface area contributed by atoms with Gasteiger partial charge < -0.3 is 14.6 Å². The molecule has 2 aromatic heterocycles. The van der Waals surface area contributed by atoms with Gasteiger partial charge in [-0.1, -0.05) is 5.16 Å². The van der Waals surface area contributed by atoms with Gasteiger partial charge >= 0.3 is 6.43 Å². The molecule has 3 rings (SSSR count). The maximum Gasteiger partial charge on any atom is 0.300 e. The molecule has 1 aliphatic heterocycles. The summed E-state index contributed by atoms with van der Waals surface area (Å²) < 4.78 is 39.0. The minimum atomic E-state index is -2.71. The number of alkyl halides is 2. The van der Waals surface area contributed by atoms with E-state index in [1.54, 1.807) is 0 Å². The van der Waals surface area contributed by atoms with Crippen LogP contribution in [0.4, 0.5) is 13.9 Å². The summed E-state index contributed by atoms with van der Waals surface area (Å²) in [6.45, 7) is 1.96. The Morgan fingerprint density at radius 3 is 2.82 bits per heavy atom. The normalized spacial score (nSPS) is 16.3. The zero-order valence-corrected chi connectivity index (χ0v) is 12.5. The molecule has 0 radical (unpaired) electrons. The van der Waals surface area contributed by atoms with Gasteiger partial charge in [-0.2, -0.15) is 9.36 Å². The van der Waals surface area contributed by atoms with Crippen molar-refractivity contribution in [2.75, 3.05) is 25.1 Å². The van der Waals surface area contributed by atoms with Gasteiger partial charge in [0.2, 0.25) is 16.8 Å². The van der Waals surface area contributed by atoms with E-state index in [9.17, 15) is 8.78 Å². The maximum absolute atomic E-state index is 12.3. The van der Waals surface area contributed by atoms with Crippen molar-refractivity contribution in [2.45, 2.75) is 31.6 Å². The van der Waals surface area contributed by atoms with Crippen LogP contribution < -0.4 is 5.32 Å². The molecule has 0 saturated carbocycles. The summed E-state index contributed by atoms with van der Waals surface area (Å²) in [6, 6.07) is 0. The van der Waals surface area contributed by atoms with Crippen LogP contribution in [0.25, 0.3) is 0 Å². The molecule has 0 amide bonds. The predicted molar refractivity (Wildman–Crippen MR) is 74.2 cm³/mol. The van der Waals surface area contributed by atoms with Crippen LogP contribution in [0, 0.1) is 0 Å². The van der Waals surface area contributed by atoms with Gasteiger partial charge in [-0.05, 0) is 12.8 Å². The van der Waals surface area contributed by atoms with Crippen molar-refractivity contribution in [3.63, 3.8) is 0 Å². The first-order chi connectivity index (χ1) is 10.7. The molecule has 0 bridgehead atoms. The first-order valence-corrected chi connectivity index (χ1v) is 7.75. The third-order valence-electron chi connectivity index (χ3n) is 3.32. The van der Waals surface area contributed by atoms with Crippen molar-refractivity contribution < 1.29 is 18.0 Å². The summed E-state index contributed by atoms with van der Waals surface area (Å²) in [5, 5.41) is 7.00. The minimum Gasteiger partial charge on any atom is -0.381 e. The highest BCUT2D eigenvalue weighted by atomic mass is 32.1. The molecule has 0 spiro atoms. The molecule has 1 fully saturated rings. The second kappa shape index (κ2) is 7.05. The van der Waals surface area contributed by atoms with Crippen LogP contribution in [0.2, 0.25) is 0 Å². The van der Waals surface area contributed by atoms with Gasteiger partial charge in [-0.3, -0.25) is 0 Å². The molecule has 2 aromatic rings. The molecule has 1 saturated heterocycles. The monoisotopic (exact) mass is 331 g/mol. The summed E-state index contributed by atoms with van der Waals surface area (Å²) >= 11 is 1.29. The SMILES string of the molecule is FC(F)c1noc(CCNc2nc(C3CCOCC3)ns2)n1. The van der Waals surface area contributed by atoms with E-state index in [0.29, 0.717) is 24.0 Å². The van der Waals surface area contributed by atoms with Crippen molar-refractivity contribution in [2.24, 2.45) is 0 Å². The lowest BCUT2D eigenvalue weighted by molar-refractivity contribution is 0.0838. The fourth-order valence-corrected chi connectivity index (χ4v) is 2.83. The third-order valence-corrected chi connectivity index (χ3v) is 4.01. The Hall–Kier alpha value is -1.68. The first-order valence-electron chi connectivity index (χ1n) is 6.98. The van der Waals surface area contributed by atoms with Gasteiger partial charge in [0.1, 0.15) is 5.82 Å². The highest BCUT2D eigenvalue weighted by Crippen LogP contribution is 2.26. The quantitative estimate of drug-likeness (QED) is 0.870. The highest BCUT2D eigenvalue weighted by molar-refractivity contribution is 7.09. The molecule has 10 heteroatoms. The Bertz CT molecular complexity index is 600. The van der Waals surface area contributed by atoms with Crippen LogP contribution in [0.3, 0.4) is 0 Å². The van der Waals surface area contributed by atoms with Crippen LogP contribution in [-0.4, -0.2) is 39.3 Å². The molecule has 0 aliphatic carbocycles. The van der Waals surface area contributed by atoms with Gasteiger partial charge in [-0.15, -0.1) is 0 Å². The van der Waals surface area contributed by atoms with Gasteiger partial charge in [0, 0.05) is 43.6 Å². The van der Waals surface area contributed by atoms with Crippen molar-refractivity contribution in [1.29, 1.82) is 0 Å².